The van der Waals surface area contributed by atoms with Crippen LogP contribution in [-0.2, 0) is 0 Å². The summed E-state index contributed by atoms with van der Waals surface area (Å²) in [6.07, 6.45) is 5.53. The molecule has 0 spiro atoms. The highest BCUT2D eigenvalue weighted by Crippen LogP contribution is 2.34. The molecule has 1 atom stereocenters. The van der Waals surface area contributed by atoms with Gasteiger partial charge in [-0.05, 0) is 62.8 Å². The topological polar surface area (TPSA) is 58.6 Å². The predicted octanol–water partition coefficient (Wildman–Crippen LogP) is 3.76. The molecular weight excluding hydrogens is 352 g/mol. The quantitative estimate of drug-likeness (QED) is 0.808. The lowest BCUT2D eigenvalue weighted by molar-refractivity contribution is 0.0729. The Hall–Kier alpha value is -2.63. The summed E-state index contributed by atoms with van der Waals surface area (Å²) < 4.78 is 5.36. The van der Waals surface area contributed by atoms with Gasteiger partial charge in [0.25, 0.3) is 5.91 Å². The molecule has 4 rings (SSSR count). The average molecular weight is 380 g/mol. The van der Waals surface area contributed by atoms with E-state index in [0.717, 1.165) is 62.3 Å². The number of benzene rings is 1. The number of methoxy groups -OCH3 is 1. The number of aryl methyl sites for hydroxylation is 1. The largest absolute Gasteiger partial charge is 0.497 e. The normalized spacial score (nSPS) is 19.7. The summed E-state index contributed by atoms with van der Waals surface area (Å²) in [4.78, 5) is 26.8. The first-order valence-corrected chi connectivity index (χ1v) is 10.2. The highest BCUT2D eigenvalue weighted by atomic mass is 16.5. The summed E-state index contributed by atoms with van der Waals surface area (Å²) in [6, 6.07) is 9.90. The van der Waals surface area contributed by atoms with Crippen molar-refractivity contribution >= 4 is 11.9 Å². The van der Waals surface area contributed by atoms with E-state index >= 15 is 0 Å². The van der Waals surface area contributed by atoms with Crippen molar-refractivity contribution in [3.05, 3.63) is 47.3 Å². The first-order chi connectivity index (χ1) is 13.7. The van der Waals surface area contributed by atoms with Crippen LogP contribution in [0.15, 0.2) is 30.3 Å². The first-order valence-electron chi connectivity index (χ1n) is 10.2. The molecule has 0 aliphatic carbocycles. The number of piperidine rings is 1. The smallest absolute Gasteiger partial charge is 0.273 e. The van der Waals surface area contributed by atoms with Gasteiger partial charge in [0.2, 0.25) is 5.95 Å². The molecule has 0 bridgehead atoms. The summed E-state index contributed by atoms with van der Waals surface area (Å²) >= 11 is 0. The Bertz CT molecular complexity index is 848. The molecular formula is C22H28N4O2. The number of hydrogen-bond donors (Lipinski definition) is 0. The van der Waals surface area contributed by atoms with E-state index in [1.807, 2.05) is 36.1 Å². The Balaban J connectivity index is 1.60. The van der Waals surface area contributed by atoms with E-state index in [9.17, 15) is 4.79 Å². The Labute approximate surface area is 166 Å². The van der Waals surface area contributed by atoms with Gasteiger partial charge in [0.05, 0.1) is 13.2 Å². The number of ether oxygens (including phenoxy) is 1. The maximum atomic E-state index is 13.4. The number of nitrogens with zero attached hydrogens (tertiary/aromatic N) is 4. The molecule has 1 amide bonds. The van der Waals surface area contributed by atoms with Gasteiger partial charge in [-0.15, -0.1) is 0 Å². The zero-order valence-electron chi connectivity index (χ0n) is 16.7. The van der Waals surface area contributed by atoms with Crippen molar-refractivity contribution in [3.63, 3.8) is 0 Å². The standard InChI is InChI=1S/C22H28N4O2/c1-16-14-19(24-22(23-16)25-11-4-3-5-12-25)21(27)26-13-7-10-20(26)17-8-6-9-18(15-17)28-2/h6,8-9,14-15,20H,3-5,7,10-13H2,1-2H3/t20-/m1/s1. The predicted molar refractivity (Wildman–Crippen MR) is 109 cm³/mol. The molecule has 0 saturated carbocycles. The van der Waals surface area contributed by atoms with Gasteiger partial charge >= 0.3 is 0 Å². The van der Waals surface area contributed by atoms with Gasteiger partial charge < -0.3 is 14.5 Å². The number of aromatic nitrogens is 2. The summed E-state index contributed by atoms with van der Waals surface area (Å²) in [5.74, 6) is 1.51. The minimum absolute atomic E-state index is 0.00548. The Morgan fingerprint density at radius 2 is 1.89 bits per heavy atom. The SMILES string of the molecule is COc1cccc([C@H]2CCCN2C(=O)c2cc(C)nc(N3CCCCC3)n2)c1. The van der Waals surface area contributed by atoms with Crippen LogP contribution in [-0.4, -0.2) is 47.5 Å². The van der Waals surface area contributed by atoms with Crippen molar-refractivity contribution in [3.8, 4) is 5.75 Å². The van der Waals surface area contributed by atoms with Crippen LogP contribution in [0.2, 0.25) is 0 Å². The number of carbonyl (C=O) groups is 1. The number of amides is 1. The van der Waals surface area contributed by atoms with Crippen LogP contribution < -0.4 is 9.64 Å². The van der Waals surface area contributed by atoms with Crippen molar-refractivity contribution in [1.29, 1.82) is 0 Å². The third kappa shape index (κ3) is 3.81. The maximum absolute atomic E-state index is 13.4. The molecule has 28 heavy (non-hydrogen) atoms. The van der Waals surface area contributed by atoms with Gasteiger partial charge in [-0.1, -0.05) is 12.1 Å². The second-order valence-corrected chi connectivity index (χ2v) is 7.68. The summed E-state index contributed by atoms with van der Waals surface area (Å²) in [7, 11) is 1.67. The van der Waals surface area contributed by atoms with Gasteiger partial charge in [-0.2, -0.15) is 0 Å². The van der Waals surface area contributed by atoms with Gasteiger partial charge in [0.1, 0.15) is 11.4 Å². The fourth-order valence-electron chi connectivity index (χ4n) is 4.25. The molecule has 1 aromatic carbocycles. The van der Waals surface area contributed by atoms with Crippen LogP contribution in [0, 0.1) is 6.92 Å². The zero-order chi connectivity index (χ0) is 19.5. The van der Waals surface area contributed by atoms with Crippen molar-refractivity contribution in [1.82, 2.24) is 14.9 Å². The Morgan fingerprint density at radius 3 is 2.68 bits per heavy atom. The molecule has 6 nitrogen and oxygen atoms in total. The second-order valence-electron chi connectivity index (χ2n) is 7.68. The van der Waals surface area contributed by atoms with Crippen LogP contribution in [0.25, 0.3) is 0 Å². The number of anilines is 1. The molecule has 3 heterocycles. The minimum Gasteiger partial charge on any atom is -0.497 e. The van der Waals surface area contributed by atoms with Gasteiger partial charge in [0.15, 0.2) is 0 Å². The first kappa shape index (κ1) is 18.7. The lowest BCUT2D eigenvalue weighted by Gasteiger charge is -2.28. The summed E-state index contributed by atoms with van der Waals surface area (Å²) in [5.41, 5.74) is 2.46. The van der Waals surface area contributed by atoms with Crippen molar-refractivity contribution in [2.75, 3.05) is 31.6 Å². The van der Waals surface area contributed by atoms with Crippen LogP contribution in [0.1, 0.15) is 59.9 Å². The zero-order valence-corrected chi connectivity index (χ0v) is 16.7. The van der Waals surface area contributed by atoms with Gasteiger partial charge in [-0.25, -0.2) is 9.97 Å². The summed E-state index contributed by atoms with van der Waals surface area (Å²) in [6.45, 7) is 4.62. The fraction of sp³-hybridized carbons (Fsp3) is 0.500. The van der Waals surface area contributed by atoms with E-state index in [4.69, 9.17) is 4.74 Å². The average Bonchev–Trinajstić information content (AvgIpc) is 3.23. The Morgan fingerprint density at radius 1 is 1.07 bits per heavy atom. The number of rotatable bonds is 4. The van der Waals surface area contributed by atoms with Gasteiger partial charge in [-0.3, -0.25) is 4.79 Å². The van der Waals surface area contributed by atoms with Gasteiger partial charge in [0, 0.05) is 25.3 Å². The molecule has 2 aliphatic heterocycles. The fourth-order valence-corrected chi connectivity index (χ4v) is 4.25. The highest BCUT2D eigenvalue weighted by molar-refractivity contribution is 5.93. The molecule has 2 aromatic rings. The molecule has 2 fully saturated rings. The second kappa shape index (κ2) is 8.17. The van der Waals surface area contributed by atoms with E-state index in [0.29, 0.717) is 11.6 Å². The third-order valence-electron chi connectivity index (χ3n) is 5.69. The third-order valence-corrected chi connectivity index (χ3v) is 5.69. The van der Waals surface area contributed by atoms with Crippen LogP contribution in [0.4, 0.5) is 5.95 Å². The van der Waals surface area contributed by atoms with E-state index in [-0.39, 0.29) is 11.9 Å². The van der Waals surface area contributed by atoms with Crippen molar-refractivity contribution < 1.29 is 9.53 Å². The Kier molecular flexibility index (Phi) is 5.46. The van der Waals surface area contributed by atoms with E-state index in [2.05, 4.69) is 20.9 Å². The maximum Gasteiger partial charge on any atom is 0.273 e. The monoisotopic (exact) mass is 380 g/mol. The number of carbonyl (C=O) groups excluding carboxylic acids is 1. The van der Waals surface area contributed by atoms with Crippen LogP contribution in [0.5, 0.6) is 5.75 Å². The molecule has 2 saturated heterocycles. The number of hydrogen-bond acceptors (Lipinski definition) is 5. The lowest BCUT2D eigenvalue weighted by Crippen LogP contribution is -2.34. The molecule has 2 aliphatic rings. The lowest BCUT2D eigenvalue weighted by atomic mass is 10.0. The van der Waals surface area contributed by atoms with Crippen LogP contribution in [0.3, 0.4) is 0 Å². The molecule has 6 heteroatoms. The summed E-state index contributed by atoms with van der Waals surface area (Å²) in [5, 5.41) is 0. The van der Waals surface area contributed by atoms with E-state index in [1.165, 1.54) is 6.42 Å². The molecule has 0 N–H and O–H groups in total. The molecule has 148 valence electrons. The van der Waals surface area contributed by atoms with Crippen LogP contribution >= 0.6 is 0 Å². The van der Waals surface area contributed by atoms with E-state index in [1.54, 1.807) is 7.11 Å². The molecule has 0 unspecified atom stereocenters. The van der Waals surface area contributed by atoms with E-state index < -0.39 is 0 Å². The molecule has 1 aromatic heterocycles. The minimum atomic E-state index is -0.00548. The molecule has 0 radical (unpaired) electrons. The van der Waals surface area contributed by atoms with Crippen molar-refractivity contribution in [2.45, 2.75) is 45.1 Å². The highest BCUT2D eigenvalue weighted by Gasteiger charge is 2.32. The number of likely N-dealkylation sites (tertiary alicyclic amines) is 1. The van der Waals surface area contributed by atoms with Crippen molar-refractivity contribution in [2.24, 2.45) is 0 Å².